The monoisotopic (exact) mass is 418 g/mol. The lowest BCUT2D eigenvalue weighted by Crippen LogP contribution is -2.11. The third-order valence-corrected chi connectivity index (χ3v) is 4.84. The van der Waals surface area contributed by atoms with Crippen molar-refractivity contribution < 1.29 is 19.1 Å². The van der Waals surface area contributed by atoms with Crippen molar-refractivity contribution >= 4 is 17.6 Å². The number of aromatic nitrogens is 1. The van der Waals surface area contributed by atoms with Crippen molar-refractivity contribution in [1.82, 2.24) is 4.98 Å². The number of pyridine rings is 1. The highest BCUT2D eigenvalue weighted by atomic mass is 16.5. The largest absolute Gasteiger partial charge is 0.497 e. The maximum atomic E-state index is 12.1. The number of esters is 1. The third-order valence-electron chi connectivity index (χ3n) is 4.84. The van der Waals surface area contributed by atoms with E-state index in [1.807, 2.05) is 66.7 Å². The van der Waals surface area contributed by atoms with E-state index in [1.165, 1.54) is 7.11 Å². The fraction of sp³-hybridized carbons (Fsp3) is 0.240. The Morgan fingerprint density at radius 3 is 2.23 bits per heavy atom. The Bertz CT molecular complexity index is 1030. The van der Waals surface area contributed by atoms with E-state index in [2.05, 4.69) is 10.1 Å². The standard InChI is InChI=1S/C25H26N2O4/c1-30-21-8-5-7-19(17-21)23-10-6-9-22(27-23)18-13-15-20(16-14-18)26-24(28)11-3-4-12-25(29)31-2/h5-10,13-17H,3-4,11-12H2,1-2H3,(H,26,28). The minimum atomic E-state index is -0.250. The van der Waals surface area contributed by atoms with Crippen molar-refractivity contribution in [1.29, 1.82) is 0 Å². The summed E-state index contributed by atoms with van der Waals surface area (Å²) in [6.07, 6.45) is 1.97. The molecule has 1 N–H and O–H groups in total. The van der Waals surface area contributed by atoms with Gasteiger partial charge in [-0.05, 0) is 49.2 Å². The number of methoxy groups -OCH3 is 2. The summed E-state index contributed by atoms with van der Waals surface area (Å²) < 4.78 is 9.89. The fourth-order valence-corrected chi connectivity index (χ4v) is 3.14. The van der Waals surface area contributed by atoms with Crippen LogP contribution in [-0.2, 0) is 14.3 Å². The quantitative estimate of drug-likeness (QED) is 0.387. The first-order valence-electron chi connectivity index (χ1n) is 10.2. The fourth-order valence-electron chi connectivity index (χ4n) is 3.14. The highest BCUT2D eigenvalue weighted by molar-refractivity contribution is 5.91. The van der Waals surface area contributed by atoms with Crippen LogP contribution in [0.3, 0.4) is 0 Å². The molecule has 3 aromatic rings. The van der Waals surface area contributed by atoms with Crippen molar-refractivity contribution in [3.05, 3.63) is 66.7 Å². The molecule has 1 heterocycles. The number of rotatable bonds is 9. The average molecular weight is 418 g/mol. The maximum absolute atomic E-state index is 12.1. The molecule has 0 fully saturated rings. The topological polar surface area (TPSA) is 77.5 Å². The summed E-state index contributed by atoms with van der Waals surface area (Å²) >= 11 is 0. The lowest BCUT2D eigenvalue weighted by Gasteiger charge is -2.08. The predicted molar refractivity (Wildman–Crippen MR) is 121 cm³/mol. The molecule has 0 bridgehead atoms. The smallest absolute Gasteiger partial charge is 0.305 e. The summed E-state index contributed by atoms with van der Waals surface area (Å²) in [5.41, 5.74) is 4.38. The molecule has 1 aromatic heterocycles. The Kier molecular flexibility index (Phi) is 7.76. The van der Waals surface area contributed by atoms with Crippen LogP contribution in [0.5, 0.6) is 5.75 Å². The van der Waals surface area contributed by atoms with Crippen molar-refractivity contribution in [2.45, 2.75) is 25.7 Å². The van der Waals surface area contributed by atoms with Crippen LogP contribution < -0.4 is 10.1 Å². The minimum Gasteiger partial charge on any atom is -0.497 e. The molecular formula is C25H26N2O4. The zero-order valence-electron chi connectivity index (χ0n) is 17.8. The van der Waals surface area contributed by atoms with Gasteiger partial charge in [0.05, 0.1) is 25.6 Å². The van der Waals surface area contributed by atoms with Crippen LogP contribution in [0.2, 0.25) is 0 Å². The molecule has 2 aromatic carbocycles. The Balaban J connectivity index is 1.61. The van der Waals surface area contributed by atoms with Gasteiger partial charge in [-0.25, -0.2) is 4.98 Å². The lowest BCUT2D eigenvalue weighted by atomic mass is 10.1. The molecule has 6 nitrogen and oxygen atoms in total. The number of hydrogen-bond donors (Lipinski definition) is 1. The number of unbranched alkanes of at least 4 members (excludes halogenated alkanes) is 1. The first kappa shape index (κ1) is 22.0. The molecule has 0 saturated heterocycles. The van der Waals surface area contributed by atoms with E-state index in [4.69, 9.17) is 9.72 Å². The van der Waals surface area contributed by atoms with Crippen LogP contribution in [0.25, 0.3) is 22.5 Å². The first-order chi connectivity index (χ1) is 15.1. The molecule has 0 atom stereocenters. The average Bonchev–Trinajstić information content (AvgIpc) is 2.82. The van der Waals surface area contributed by atoms with Crippen LogP contribution in [0.1, 0.15) is 25.7 Å². The van der Waals surface area contributed by atoms with Gasteiger partial charge < -0.3 is 14.8 Å². The molecule has 160 valence electrons. The van der Waals surface area contributed by atoms with Crippen molar-refractivity contribution in [3.63, 3.8) is 0 Å². The number of nitrogens with one attached hydrogen (secondary N) is 1. The van der Waals surface area contributed by atoms with Gasteiger partial charge in [0, 0.05) is 29.7 Å². The normalized spacial score (nSPS) is 10.4. The molecule has 31 heavy (non-hydrogen) atoms. The zero-order chi connectivity index (χ0) is 22.1. The summed E-state index contributed by atoms with van der Waals surface area (Å²) in [4.78, 5) is 27.9. The van der Waals surface area contributed by atoms with Gasteiger partial charge in [-0.2, -0.15) is 0 Å². The molecule has 0 aliphatic rings. The number of carbonyl (C=O) groups is 2. The van der Waals surface area contributed by atoms with Gasteiger partial charge in [0.1, 0.15) is 5.75 Å². The van der Waals surface area contributed by atoms with E-state index in [9.17, 15) is 9.59 Å². The lowest BCUT2D eigenvalue weighted by molar-refractivity contribution is -0.140. The van der Waals surface area contributed by atoms with Crippen LogP contribution in [0.4, 0.5) is 5.69 Å². The van der Waals surface area contributed by atoms with Crippen molar-refractivity contribution in [3.8, 4) is 28.3 Å². The van der Waals surface area contributed by atoms with Gasteiger partial charge in [-0.15, -0.1) is 0 Å². The van der Waals surface area contributed by atoms with Gasteiger partial charge >= 0.3 is 5.97 Å². The second-order valence-electron chi connectivity index (χ2n) is 7.05. The zero-order valence-corrected chi connectivity index (χ0v) is 17.8. The summed E-state index contributed by atoms with van der Waals surface area (Å²) in [5, 5.41) is 2.88. The van der Waals surface area contributed by atoms with Gasteiger partial charge in [-0.1, -0.05) is 30.3 Å². The summed E-state index contributed by atoms with van der Waals surface area (Å²) in [6.45, 7) is 0. The molecule has 1 amide bonds. The summed E-state index contributed by atoms with van der Waals surface area (Å²) in [7, 11) is 3.01. The Morgan fingerprint density at radius 1 is 0.839 bits per heavy atom. The van der Waals surface area contributed by atoms with E-state index in [-0.39, 0.29) is 11.9 Å². The maximum Gasteiger partial charge on any atom is 0.305 e. The Morgan fingerprint density at radius 2 is 1.52 bits per heavy atom. The highest BCUT2D eigenvalue weighted by Gasteiger charge is 2.07. The second kappa shape index (κ2) is 10.9. The molecule has 0 aliphatic heterocycles. The molecular weight excluding hydrogens is 392 g/mol. The third kappa shape index (κ3) is 6.40. The number of carbonyl (C=O) groups excluding carboxylic acids is 2. The highest BCUT2D eigenvalue weighted by Crippen LogP contribution is 2.26. The van der Waals surface area contributed by atoms with Gasteiger partial charge in [0.2, 0.25) is 5.91 Å². The number of amides is 1. The SMILES string of the molecule is COC(=O)CCCCC(=O)Nc1ccc(-c2cccc(-c3cccc(OC)c3)n2)cc1. The summed E-state index contributed by atoms with van der Waals surface area (Å²) in [6, 6.07) is 21.3. The molecule has 0 unspecified atom stereocenters. The number of ether oxygens (including phenoxy) is 2. The van der Waals surface area contributed by atoms with E-state index in [0.29, 0.717) is 25.7 Å². The molecule has 6 heteroatoms. The second-order valence-corrected chi connectivity index (χ2v) is 7.05. The van der Waals surface area contributed by atoms with Crippen molar-refractivity contribution in [2.24, 2.45) is 0 Å². The molecule has 3 rings (SSSR count). The number of benzene rings is 2. The molecule has 0 spiro atoms. The first-order valence-corrected chi connectivity index (χ1v) is 10.2. The predicted octanol–water partition coefficient (Wildman–Crippen LogP) is 5.10. The minimum absolute atomic E-state index is 0.0734. The molecule has 0 aliphatic carbocycles. The van der Waals surface area contributed by atoms with E-state index >= 15 is 0 Å². The van der Waals surface area contributed by atoms with Crippen LogP contribution in [0, 0.1) is 0 Å². The van der Waals surface area contributed by atoms with Gasteiger partial charge in [0.15, 0.2) is 0 Å². The number of nitrogens with zero attached hydrogens (tertiary/aromatic N) is 1. The Hall–Kier alpha value is -3.67. The number of anilines is 1. The van der Waals surface area contributed by atoms with E-state index in [1.54, 1.807) is 7.11 Å². The van der Waals surface area contributed by atoms with E-state index in [0.717, 1.165) is 34.0 Å². The molecule has 0 saturated carbocycles. The van der Waals surface area contributed by atoms with Crippen molar-refractivity contribution in [2.75, 3.05) is 19.5 Å². The van der Waals surface area contributed by atoms with E-state index < -0.39 is 0 Å². The number of hydrogen-bond acceptors (Lipinski definition) is 5. The van der Waals surface area contributed by atoms with Gasteiger partial charge in [0.25, 0.3) is 0 Å². The summed E-state index contributed by atoms with van der Waals surface area (Å²) in [5.74, 6) is 0.464. The van der Waals surface area contributed by atoms with Crippen LogP contribution >= 0.6 is 0 Å². The van der Waals surface area contributed by atoms with Crippen LogP contribution in [-0.4, -0.2) is 31.1 Å². The Labute approximate surface area is 182 Å². The molecule has 0 radical (unpaired) electrons. The van der Waals surface area contributed by atoms with Gasteiger partial charge in [-0.3, -0.25) is 9.59 Å². The van der Waals surface area contributed by atoms with Crippen LogP contribution in [0.15, 0.2) is 66.7 Å².